The maximum atomic E-state index is 5.58. The molecule has 2 aliphatic heterocycles. The van der Waals surface area contributed by atoms with Gasteiger partial charge in [0.15, 0.2) is 0 Å². The number of rotatable bonds is 0. The van der Waals surface area contributed by atoms with Gasteiger partial charge in [0.1, 0.15) is 0 Å². The van der Waals surface area contributed by atoms with Crippen molar-refractivity contribution in [3.63, 3.8) is 0 Å². The van der Waals surface area contributed by atoms with Crippen LogP contribution in [-0.2, 0) is 23.7 Å². The summed E-state index contributed by atoms with van der Waals surface area (Å²) in [4.78, 5) is 0. The smallest absolute Gasteiger partial charge is 0.0701 e. The van der Waals surface area contributed by atoms with E-state index in [-0.39, 0.29) is 5.41 Å². The second-order valence-electron chi connectivity index (χ2n) is 4.32. The fourth-order valence-corrected chi connectivity index (χ4v) is 1.73. The van der Waals surface area contributed by atoms with Gasteiger partial charge in [-0.3, -0.25) is 0 Å². The van der Waals surface area contributed by atoms with Crippen molar-refractivity contribution < 1.29 is 23.7 Å². The third kappa shape index (κ3) is 3.68. The molecule has 0 aliphatic carbocycles. The molecule has 2 rings (SSSR count). The Kier molecular flexibility index (Phi) is 4.99. The molecular weight excluding hydrogens is 212 g/mol. The van der Waals surface area contributed by atoms with Gasteiger partial charge in [0, 0.05) is 0 Å². The minimum absolute atomic E-state index is 0.0635. The van der Waals surface area contributed by atoms with Crippen molar-refractivity contribution in [1.29, 1.82) is 0 Å². The maximum absolute atomic E-state index is 5.58. The van der Waals surface area contributed by atoms with Crippen LogP contribution in [0.25, 0.3) is 0 Å². The van der Waals surface area contributed by atoms with E-state index in [9.17, 15) is 0 Å². The van der Waals surface area contributed by atoms with E-state index in [1.807, 2.05) is 0 Å². The van der Waals surface area contributed by atoms with Gasteiger partial charge in [-0.15, -0.1) is 0 Å². The molecule has 0 unspecified atom stereocenters. The standard InChI is InChI=1S/C11H20O5/c1-2-13-4-6-15-8-11(9-16-10-11)7-14-5-3-12-1/h1-10H2. The first-order chi connectivity index (χ1) is 7.91. The Balaban J connectivity index is 1.73. The number of hydrogen-bond acceptors (Lipinski definition) is 5. The van der Waals surface area contributed by atoms with Crippen LogP contribution < -0.4 is 0 Å². The highest BCUT2D eigenvalue weighted by Gasteiger charge is 2.39. The molecule has 0 amide bonds. The second-order valence-corrected chi connectivity index (χ2v) is 4.32. The predicted octanol–water partition coefficient (Wildman–Crippen LogP) is 0.0830. The fourth-order valence-electron chi connectivity index (χ4n) is 1.73. The molecule has 0 aromatic carbocycles. The molecule has 0 aromatic rings. The topological polar surface area (TPSA) is 46.2 Å². The third-order valence-electron chi connectivity index (χ3n) is 2.75. The van der Waals surface area contributed by atoms with Crippen LogP contribution in [0.2, 0.25) is 0 Å². The van der Waals surface area contributed by atoms with Crippen LogP contribution in [-0.4, -0.2) is 66.1 Å². The summed E-state index contributed by atoms with van der Waals surface area (Å²) in [6.07, 6.45) is 0. The monoisotopic (exact) mass is 232 g/mol. The molecule has 0 bridgehead atoms. The van der Waals surface area contributed by atoms with Crippen molar-refractivity contribution in [3.8, 4) is 0 Å². The molecule has 2 saturated heterocycles. The Labute approximate surface area is 95.9 Å². The molecule has 94 valence electrons. The summed E-state index contributed by atoms with van der Waals surface area (Å²) >= 11 is 0. The zero-order valence-corrected chi connectivity index (χ0v) is 9.61. The van der Waals surface area contributed by atoms with Gasteiger partial charge in [0.05, 0.1) is 71.5 Å². The van der Waals surface area contributed by atoms with Crippen LogP contribution >= 0.6 is 0 Å². The quantitative estimate of drug-likeness (QED) is 0.592. The SMILES string of the molecule is C1COCCOCC2(COCCO1)COC2. The molecule has 0 atom stereocenters. The van der Waals surface area contributed by atoms with Crippen LogP contribution in [0, 0.1) is 5.41 Å². The van der Waals surface area contributed by atoms with Gasteiger partial charge in [-0.1, -0.05) is 0 Å². The first kappa shape index (κ1) is 12.3. The van der Waals surface area contributed by atoms with Crippen LogP contribution in [0.3, 0.4) is 0 Å². The van der Waals surface area contributed by atoms with E-state index < -0.39 is 0 Å². The van der Waals surface area contributed by atoms with E-state index in [1.54, 1.807) is 0 Å². The van der Waals surface area contributed by atoms with Gasteiger partial charge in [-0.25, -0.2) is 0 Å². The molecule has 2 heterocycles. The lowest BCUT2D eigenvalue weighted by Gasteiger charge is -2.40. The summed E-state index contributed by atoms with van der Waals surface area (Å²) in [5.74, 6) is 0. The summed E-state index contributed by atoms with van der Waals surface area (Å²) < 4.78 is 27.1. The Morgan fingerprint density at radius 3 is 1.19 bits per heavy atom. The third-order valence-corrected chi connectivity index (χ3v) is 2.75. The molecule has 0 N–H and O–H groups in total. The van der Waals surface area contributed by atoms with Gasteiger partial charge in [-0.05, 0) is 0 Å². The average molecular weight is 232 g/mol. The molecule has 16 heavy (non-hydrogen) atoms. The van der Waals surface area contributed by atoms with Crippen molar-refractivity contribution in [2.45, 2.75) is 0 Å². The molecule has 5 nitrogen and oxygen atoms in total. The van der Waals surface area contributed by atoms with Crippen molar-refractivity contribution in [3.05, 3.63) is 0 Å². The maximum Gasteiger partial charge on any atom is 0.0701 e. The zero-order valence-electron chi connectivity index (χ0n) is 9.61. The van der Waals surface area contributed by atoms with Crippen LogP contribution in [0.15, 0.2) is 0 Å². The van der Waals surface area contributed by atoms with Crippen LogP contribution in [0.1, 0.15) is 0 Å². The van der Waals surface area contributed by atoms with Crippen LogP contribution in [0.4, 0.5) is 0 Å². The predicted molar refractivity (Wildman–Crippen MR) is 56.5 cm³/mol. The lowest BCUT2D eigenvalue weighted by atomic mass is 9.88. The highest BCUT2D eigenvalue weighted by atomic mass is 16.6. The summed E-state index contributed by atoms with van der Waals surface area (Å²) in [6.45, 7) is 6.60. The number of ether oxygens (including phenoxy) is 5. The molecule has 0 radical (unpaired) electrons. The number of hydrogen-bond donors (Lipinski definition) is 0. The first-order valence-corrected chi connectivity index (χ1v) is 5.80. The minimum Gasteiger partial charge on any atom is -0.380 e. The lowest BCUT2D eigenvalue weighted by molar-refractivity contribution is -0.180. The Bertz CT molecular complexity index is 177. The molecule has 0 saturated carbocycles. The Hall–Kier alpha value is -0.200. The first-order valence-electron chi connectivity index (χ1n) is 5.80. The van der Waals surface area contributed by atoms with Crippen molar-refractivity contribution >= 4 is 0 Å². The Morgan fingerprint density at radius 2 is 0.812 bits per heavy atom. The van der Waals surface area contributed by atoms with Crippen LogP contribution in [0.5, 0.6) is 0 Å². The van der Waals surface area contributed by atoms with Gasteiger partial charge in [0.2, 0.25) is 0 Å². The van der Waals surface area contributed by atoms with E-state index in [0.29, 0.717) is 52.9 Å². The molecule has 1 spiro atoms. The van der Waals surface area contributed by atoms with Gasteiger partial charge in [0.25, 0.3) is 0 Å². The van der Waals surface area contributed by atoms with E-state index in [4.69, 9.17) is 23.7 Å². The van der Waals surface area contributed by atoms with E-state index in [2.05, 4.69) is 0 Å². The largest absolute Gasteiger partial charge is 0.380 e. The summed E-state index contributed by atoms with van der Waals surface area (Å²) in [5.41, 5.74) is 0.0635. The van der Waals surface area contributed by atoms with Crippen molar-refractivity contribution in [2.75, 3.05) is 66.1 Å². The molecule has 0 aromatic heterocycles. The average Bonchev–Trinajstić information content (AvgIpc) is 2.26. The summed E-state index contributed by atoms with van der Waals surface area (Å²) in [7, 11) is 0. The normalized spacial score (nSPS) is 28.5. The summed E-state index contributed by atoms with van der Waals surface area (Å²) in [6, 6.07) is 0. The highest BCUT2D eigenvalue weighted by Crippen LogP contribution is 2.28. The molecule has 2 fully saturated rings. The lowest BCUT2D eigenvalue weighted by Crippen LogP contribution is -2.50. The zero-order chi connectivity index (χ0) is 11.1. The molecule has 2 aliphatic rings. The minimum atomic E-state index is 0.0635. The molecular formula is C11H20O5. The van der Waals surface area contributed by atoms with Crippen molar-refractivity contribution in [2.24, 2.45) is 5.41 Å². The fraction of sp³-hybridized carbons (Fsp3) is 1.00. The van der Waals surface area contributed by atoms with E-state index in [0.717, 1.165) is 13.2 Å². The van der Waals surface area contributed by atoms with Crippen molar-refractivity contribution in [1.82, 2.24) is 0 Å². The Morgan fingerprint density at radius 1 is 0.438 bits per heavy atom. The van der Waals surface area contributed by atoms with Gasteiger partial charge in [-0.2, -0.15) is 0 Å². The van der Waals surface area contributed by atoms with Gasteiger partial charge < -0.3 is 23.7 Å². The van der Waals surface area contributed by atoms with Gasteiger partial charge >= 0.3 is 0 Å². The van der Waals surface area contributed by atoms with E-state index >= 15 is 0 Å². The molecule has 5 heteroatoms. The van der Waals surface area contributed by atoms with E-state index in [1.165, 1.54) is 0 Å². The second kappa shape index (κ2) is 6.51. The summed E-state index contributed by atoms with van der Waals surface area (Å²) in [5, 5.41) is 0. The highest BCUT2D eigenvalue weighted by molar-refractivity contribution is 4.85.